The molecular formula is C27H30F6N4O. The maximum Gasteiger partial charge on any atom is 0.573 e. The Morgan fingerprint density at radius 3 is 2.18 bits per heavy atom. The lowest BCUT2D eigenvalue weighted by Gasteiger charge is -2.31. The molecule has 2 heterocycles. The molecule has 4 rings (SSSR count). The molecule has 1 aromatic heterocycles. The number of piperidine rings is 1. The molecule has 11 heteroatoms. The van der Waals surface area contributed by atoms with Crippen LogP contribution in [0.5, 0.6) is 5.75 Å². The highest BCUT2D eigenvalue weighted by Crippen LogP contribution is 2.31. The second kappa shape index (κ2) is 11.8. The molecule has 1 aliphatic heterocycles. The molecule has 0 radical (unpaired) electrons. The summed E-state index contributed by atoms with van der Waals surface area (Å²) in [6.07, 6.45) is -4.17. The van der Waals surface area contributed by atoms with E-state index in [1.165, 1.54) is 41.1 Å². The van der Waals surface area contributed by atoms with Gasteiger partial charge < -0.3 is 15.0 Å². The zero-order valence-electron chi connectivity index (χ0n) is 20.9. The monoisotopic (exact) mass is 540 g/mol. The van der Waals surface area contributed by atoms with Gasteiger partial charge in [-0.05, 0) is 99.9 Å². The van der Waals surface area contributed by atoms with Crippen molar-refractivity contribution >= 4 is 0 Å². The summed E-state index contributed by atoms with van der Waals surface area (Å²) in [4.78, 5) is 2.47. The lowest BCUT2D eigenvalue weighted by Crippen LogP contribution is -2.37. The highest BCUT2D eigenvalue weighted by Gasteiger charge is 2.31. The maximum absolute atomic E-state index is 13.0. The quantitative estimate of drug-likeness (QED) is 0.308. The number of hydrogen-bond donors (Lipinski definition) is 1. The van der Waals surface area contributed by atoms with Gasteiger partial charge >= 0.3 is 12.5 Å². The fraction of sp³-hybridized carbons (Fsp3) is 0.444. The zero-order valence-corrected chi connectivity index (χ0v) is 20.9. The second-order valence-electron chi connectivity index (χ2n) is 9.48. The van der Waals surface area contributed by atoms with Crippen molar-refractivity contribution in [2.75, 3.05) is 26.2 Å². The van der Waals surface area contributed by atoms with Crippen LogP contribution in [0.3, 0.4) is 0 Å². The minimum atomic E-state index is -4.80. The van der Waals surface area contributed by atoms with Gasteiger partial charge in [-0.3, -0.25) is 0 Å². The fourth-order valence-corrected chi connectivity index (χ4v) is 4.67. The Morgan fingerprint density at radius 1 is 0.947 bits per heavy atom. The number of ether oxygens (including phenoxy) is 1. The normalized spacial score (nSPS) is 15.7. The molecule has 0 spiro atoms. The number of halogens is 6. The average Bonchev–Trinajstić information content (AvgIpc) is 3.28. The summed E-state index contributed by atoms with van der Waals surface area (Å²) in [5.74, 6) is 0.188. The van der Waals surface area contributed by atoms with Gasteiger partial charge in [0.1, 0.15) is 5.75 Å². The lowest BCUT2D eigenvalue weighted by atomic mass is 9.96. The first-order valence-electron chi connectivity index (χ1n) is 12.6. The van der Waals surface area contributed by atoms with Crippen molar-refractivity contribution in [3.05, 3.63) is 65.9 Å². The lowest BCUT2D eigenvalue weighted by molar-refractivity contribution is -0.274. The highest BCUT2D eigenvalue weighted by molar-refractivity contribution is 5.64. The zero-order chi connectivity index (χ0) is 27.3. The predicted octanol–water partition coefficient (Wildman–Crippen LogP) is 6.67. The van der Waals surface area contributed by atoms with Crippen LogP contribution in [0, 0.1) is 5.92 Å². The molecule has 1 aliphatic rings. The van der Waals surface area contributed by atoms with Gasteiger partial charge in [0.25, 0.3) is 0 Å². The number of alkyl halides is 6. The first-order chi connectivity index (χ1) is 18.0. The van der Waals surface area contributed by atoms with Crippen LogP contribution in [-0.2, 0) is 12.7 Å². The molecule has 0 aliphatic carbocycles. The third-order valence-corrected chi connectivity index (χ3v) is 6.61. The van der Waals surface area contributed by atoms with Gasteiger partial charge in [-0.2, -0.15) is 18.3 Å². The molecule has 0 unspecified atom stereocenters. The van der Waals surface area contributed by atoms with E-state index in [9.17, 15) is 26.3 Å². The number of nitrogens with one attached hydrogen (secondary N) is 1. The molecule has 38 heavy (non-hydrogen) atoms. The summed E-state index contributed by atoms with van der Waals surface area (Å²) in [6.45, 7) is 6.69. The third-order valence-electron chi connectivity index (χ3n) is 6.61. The molecule has 0 saturated carbocycles. The summed E-state index contributed by atoms with van der Waals surface area (Å²) in [7, 11) is 0. The first-order valence-corrected chi connectivity index (χ1v) is 12.6. The Morgan fingerprint density at radius 2 is 1.61 bits per heavy atom. The van der Waals surface area contributed by atoms with Gasteiger partial charge in [-0.25, -0.2) is 4.68 Å². The minimum absolute atomic E-state index is 0.350. The number of nitrogens with zero attached hydrogens (tertiary/aromatic N) is 3. The number of aromatic nitrogens is 2. The van der Waals surface area contributed by atoms with Crippen molar-refractivity contribution < 1.29 is 31.1 Å². The van der Waals surface area contributed by atoms with Crippen LogP contribution in [-0.4, -0.2) is 47.2 Å². The summed E-state index contributed by atoms with van der Waals surface area (Å²) in [5, 5.41) is 8.04. The summed E-state index contributed by atoms with van der Waals surface area (Å²) in [6, 6.07) is 10.0. The standard InChI is InChI=1S/C27H30F6N4O/c1-2-13-36-14-11-19(12-15-36)16-34-17-21-18-37(23-7-5-22(6-8-23)26(28,29)30)35-25(21)20-3-9-24(10-4-20)38-27(31,32)33/h3-10,18-19,34H,2,11-17H2,1H3. The molecule has 1 fully saturated rings. The van der Waals surface area contributed by atoms with Crippen molar-refractivity contribution in [2.45, 2.75) is 45.3 Å². The Balaban J connectivity index is 1.52. The van der Waals surface area contributed by atoms with E-state index in [-0.39, 0.29) is 5.75 Å². The van der Waals surface area contributed by atoms with E-state index >= 15 is 0 Å². The maximum atomic E-state index is 13.0. The number of hydrogen-bond acceptors (Lipinski definition) is 4. The minimum Gasteiger partial charge on any atom is -0.406 e. The smallest absolute Gasteiger partial charge is 0.406 e. The fourth-order valence-electron chi connectivity index (χ4n) is 4.67. The van der Waals surface area contributed by atoms with E-state index in [4.69, 9.17) is 0 Å². The molecule has 206 valence electrons. The van der Waals surface area contributed by atoms with E-state index in [1.54, 1.807) is 6.20 Å². The third kappa shape index (κ3) is 7.50. The van der Waals surface area contributed by atoms with Gasteiger partial charge in [-0.1, -0.05) is 6.92 Å². The largest absolute Gasteiger partial charge is 0.573 e. The predicted molar refractivity (Wildman–Crippen MR) is 132 cm³/mol. The van der Waals surface area contributed by atoms with E-state index < -0.39 is 18.1 Å². The number of likely N-dealkylation sites (tertiary alicyclic amines) is 1. The van der Waals surface area contributed by atoms with Crippen molar-refractivity contribution in [3.63, 3.8) is 0 Å². The van der Waals surface area contributed by atoms with E-state index in [0.717, 1.165) is 63.1 Å². The van der Waals surface area contributed by atoms with Gasteiger partial charge in [-0.15, -0.1) is 13.2 Å². The van der Waals surface area contributed by atoms with Crippen molar-refractivity contribution in [3.8, 4) is 22.7 Å². The van der Waals surface area contributed by atoms with Gasteiger partial charge in [0, 0.05) is 23.9 Å². The van der Waals surface area contributed by atoms with E-state index in [1.807, 2.05) is 0 Å². The van der Waals surface area contributed by atoms with Crippen LogP contribution >= 0.6 is 0 Å². The number of benzene rings is 2. The first kappa shape index (κ1) is 28.0. The Labute approximate surface area is 217 Å². The molecule has 5 nitrogen and oxygen atoms in total. The molecule has 1 saturated heterocycles. The molecule has 3 aromatic rings. The molecule has 1 N–H and O–H groups in total. The van der Waals surface area contributed by atoms with Gasteiger partial charge in [0.2, 0.25) is 0 Å². The summed E-state index contributed by atoms with van der Waals surface area (Å²) in [5.41, 5.74) is 1.54. The van der Waals surface area contributed by atoms with E-state index in [2.05, 4.69) is 27.0 Å². The highest BCUT2D eigenvalue weighted by atomic mass is 19.4. The Hall–Kier alpha value is -3.05. The SMILES string of the molecule is CCCN1CCC(CNCc2cn(-c3ccc(C(F)(F)F)cc3)nc2-c2ccc(OC(F)(F)F)cc2)CC1. The van der Waals surface area contributed by atoms with Crippen LogP contribution in [0.25, 0.3) is 16.9 Å². The van der Waals surface area contributed by atoms with Crippen molar-refractivity contribution in [1.82, 2.24) is 20.0 Å². The van der Waals surface area contributed by atoms with Crippen molar-refractivity contribution in [1.29, 1.82) is 0 Å². The molecule has 0 atom stereocenters. The Kier molecular flexibility index (Phi) is 8.67. The van der Waals surface area contributed by atoms with Crippen LogP contribution in [0.4, 0.5) is 26.3 Å². The van der Waals surface area contributed by atoms with Crippen LogP contribution < -0.4 is 10.1 Å². The topological polar surface area (TPSA) is 42.3 Å². The molecule has 0 amide bonds. The summed E-state index contributed by atoms with van der Waals surface area (Å²) >= 11 is 0. The van der Waals surface area contributed by atoms with E-state index in [0.29, 0.717) is 29.4 Å². The van der Waals surface area contributed by atoms with Gasteiger partial charge in [0.05, 0.1) is 16.9 Å². The number of rotatable bonds is 9. The summed E-state index contributed by atoms with van der Waals surface area (Å²) < 4.78 is 82.1. The molecular weight excluding hydrogens is 510 g/mol. The average molecular weight is 541 g/mol. The van der Waals surface area contributed by atoms with Crippen LogP contribution in [0.2, 0.25) is 0 Å². The Bertz CT molecular complexity index is 1160. The van der Waals surface area contributed by atoms with Crippen molar-refractivity contribution in [2.24, 2.45) is 5.92 Å². The molecule has 0 bridgehead atoms. The molecule has 2 aromatic carbocycles. The second-order valence-corrected chi connectivity index (χ2v) is 9.48. The van der Waals surface area contributed by atoms with Gasteiger partial charge in [0.15, 0.2) is 0 Å². The van der Waals surface area contributed by atoms with Crippen LogP contribution in [0.1, 0.15) is 37.3 Å². The van der Waals surface area contributed by atoms with Crippen LogP contribution in [0.15, 0.2) is 54.7 Å².